The maximum atomic E-state index is 11.4. The molecule has 0 aliphatic heterocycles. The molecule has 3 aromatic rings. The van der Waals surface area contributed by atoms with E-state index < -0.39 is 0 Å². The number of imidazole rings is 1. The van der Waals surface area contributed by atoms with Crippen LogP contribution in [0.3, 0.4) is 0 Å². The van der Waals surface area contributed by atoms with Crippen LogP contribution >= 0.6 is 27.7 Å². The number of halogens is 1. The normalized spacial score (nSPS) is 11.0. The van der Waals surface area contributed by atoms with Gasteiger partial charge in [-0.1, -0.05) is 39.8 Å². The van der Waals surface area contributed by atoms with Crippen LogP contribution < -0.4 is 5.69 Å². The Labute approximate surface area is 121 Å². The Hall–Kier alpha value is -1.60. The zero-order valence-electron chi connectivity index (χ0n) is 9.68. The van der Waals surface area contributed by atoms with E-state index in [0.717, 1.165) is 21.3 Å². The van der Waals surface area contributed by atoms with Gasteiger partial charge in [-0.25, -0.2) is 9.78 Å². The monoisotopic (exact) mass is 336 g/mol. The standard InChI is InChI=1S/C12H9BrN4OS/c13-8-3-1-2-7(4-8)5-19-11-9-10(15-6-14-9)16-12(18)17-11/h1-4,6H,5H2,(H2,14,15,16,17,18). The lowest BCUT2D eigenvalue weighted by molar-refractivity contribution is 1.01. The SMILES string of the molecule is O=c1nc(SCc2cccc(Br)c2)c2[nH]cnc2[nH]1. The largest absolute Gasteiger partial charge is 0.347 e. The maximum absolute atomic E-state index is 11.4. The van der Waals surface area contributed by atoms with Gasteiger partial charge in [0.25, 0.3) is 0 Å². The van der Waals surface area contributed by atoms with Crippen LogP contribution in [0.2, 0.25) is 0 Å². The molecular weight excluding hydrogens is 328 g/mol. The zero-order chi connectivity index (χ0) is 13.2. The Morgan fingerprint density at radius 3 is 3.11 bits per heavy atom. The molecule has 0 atom stereocenters. The Kier molecular flexibility index (Phi) is 3.39. The van der Waals surface area contributed by atoms with Crippen molar-refractivity contribution in [2.45, 2.75) is 10.8 Å². The van der Waals surface area contributed by atoms with E-state index in [1.807, 2.05) is 24.3 Å². The first-order valence-corrected chi connectivity index (χ1v) is 7.31. The molecule has 3 rings (SSSR count). The molecule has 7 heteroatoms. The molecule has 19 heavy (non-hydrogen) atoms. The molecule has 0 amide bonds. The summed E-state index contributed by atoms with van der Waals surface area (Å²) in [4.78, 5) is 25.0. The second-order valence-electron chi connectivity index (χ2n) is 3.89. The van der Waals surface area contributed by atoms with Crippen molar-refractivity contribution in [1.29, 1.82) is 0 Å². The molecule has 0 fully saturated rings. The molecule has 0 unspecified atom stereocenters. The summed E-state index contributed by atoms with van der Waals surface area (Å²) < 4.78 is 1.04. The summed E-state index contributed by atoms with van der Waals surface area (Å²) in [6.07, 6.45) is 1.55. The molecule has 0 saturated carbocycles. The number of H-pyrrole nitrogens is 2. The van der Waals surface area contributed by atoms with Crippen LogP contribution in [0.15, 0.2) is 44.9 Å². The molecular formula is C12H9BrN4OS. The summed E-state index contributed by atoms with van der Waals surface area (Å²) in [5.74, 6) is 0.740. The van der Waals surface area contributed by atoms with E-state index in [0.29, 0.717) is 10.7 Å². The van der Waals surface area contributed by atoms with E-state index >= 15 is 0 Å². The van der Waals surface area contributed by atoms with E-state index in [2.05, 4.69) is 35.9 Å². The minimum atomic E-state index is -0.378. The quantitative estimate of drug-likeness (QED) is 0.569. The third-order valence-corrected chi connectivity index (χ3v) is 4.09. The summed E-state index contributed by atoms with van der Waals surface area (Å²) in [6.45, 7) is 0. The highest BCUT2D eigenvalue weighted by atomic mass is 79.9. The van der Waals surface area contributed by atoms with Gasteiger partial charge in [0, 0.05) is 10.2 Å². The van der Waals surface area contributed by atoms with Gasteiger partial charge in [0.2, 0.25) is 0 Å². The van der Waals surface area contributed by atoms with Gasteiger partial charge < -0.3 is 4.98 Å². The molecule has 2 heterocycles. The molecule has 2 aromatic heterocycles. The van der Waals surface area contributed by atoms with Crippen molar-refractivity contribution in [3.8, 4) is 0 Å². The third-order valence-electron chi connectivity index (χ3n) is 2.55. The van der Waals surface area contributed by atoms with Crippen LogP contribution in [0, 0.1) is 0 Å². The Bertz CT molecular complexity index is 782. The number of nitrogens with one attached hydrogen (secondary N) is 2. The van der Waals surface area contributed by atoms with Gasteiger partial charge in [-0.05, 0) is 17.7 Å². The minimum absolute atomic E-state index is 0.378. The fourth-order valence-corrected chi connectivity index (χ4v) is 3.09. The van der Waals surface area contributed by atoms with Gasteiger partial charge in [-0.2, -0.15) is 4.98 Å². The number of aromatic nitrogens is 4. The maximum Gasteiger partial charge on any atom is 0.347 e. The van der Waals surface area contributed by atoms with Gasteiger partial charge in [0.15, 0.2) is 5.65 Å². The van der Waals surface area contributed by atoms with E-state index in [1.165, 1.54) is 11.8 Å². The van der Waals surface area contributed by atoms with Crippen LogP contribution in [0.5, 0.6) is 0 Å². The first kappa shape index (κ1) is 12.4. The molecule has 0 saturated heterocycles. The molecule has 96 valence electrons. The average molecular weight is 337 g/mol. The van der Waals surface area contributed by atoms with Crippen LogP contribution in [0.25, 0.3) is 11.2 Å². The minimum Gasteiger partial charge on any atom is -0.341 e. The second-order valence-corrected chi connectivity index (χ2v) is 5.77. The highest BCUT2D eigenvalue weighted by Crippen LogP contribution is 2.25. The topological polar surface area (TPSA) is 74.4 Å². The van der Waals surface area contributed by atoms with Crippen LogP contribution in [-0.4, -0.2) is 19.9 Å². The number of hydrogen-bond acceptors (Lipinski definition) is 4. The number of benzene rings is 1. The molecule has 1 aromatic carbocycles. The number of nitrogens with zero attached hydrogens (tertiary/aromatic N) is 2. The summed E-state index contributed by atoms with van der Waals surface area (Å²) in [6, 6.07) is 8.04. The van der Waals surface area contributed by atoms with Crippen LogP contribution in [0.4, 0.5) is 0 Å². The van der Waals surface area contributed by atoms with Crippen molar-refractivity contribution in [2.75, 3.05) is 0 Å². The van der Waals surface area contributed by atoms with Crippen molar-refractivity contribution in [3.05, 3.63) is 51.1 Å². The van der Waals surface area contributed by atoms with E-state index in [4.69, 9.17) is 0 Å². The third kappa shape index (κ3) is 2.71. The molecule has 5 nitrogen and oxygen atoms in total. The molecule has 0 aliphatic rings. The van der Waals surface area contributed by atoms with Crippen molar-refractivity contribution in [3.63, 3.8) is 0 Å². The average Bonchev–Trinajstić information content (AvgIpc) is 2.84. The van der Waals surface area contributed by atoms with Gasteiger partial charge in [-0.15, -0.1) is 0 Å². The summed E-state index contributed by atoms with van der Waals surface area (Å²) in [5.41, 5.74) is 2.09. The van der Waals surface area contributed by atoms with E-state index in [1.54, 1.807) is 6.33 Å². The van der Waals surface area contributed by atoms with Crippen molar-refractivity contribution in [1.82, 2.24) is 19.9 Å². The van der Waals surface area contributed by atoms with Crippen molar-refractivity contribution >= 4 is 38.9 Å². The predicted molar refractivity (Wildman–Crippen MR) is 78.2 cm³/mol. The smallest absolute Gasteiger partial charge is 0.341 e. The first-order chi connectivity index (χ1) is 9.22. The first-order valence-electron chi connectivity index (χ1n) is 5.53. The molecule has 0 aliphatic carbocycles. The van der Waals surface area contributed by atoms with Crippen LogP contribution in [0.1, 0.15) is 5.56 Å². The summed E-state index contributed by atoms with van der Waals surface area (Å²) >= 11 is 4.94. The molecule has 0 bridgehead atoms. The number of rotatable bonds is 3. The predicted octanol–water partition coefficient (Wildman–Crippen LogP) is 2.70. The highest BCUT2D eigenvalue weighted by Gasteiger charge is 2.08. The number of fused-ring (bicyclic) bond motifs is 1. The number of hydrogen-bond donors (Lipinski definition) is 2. The Morgan fingerprint density at radius 2 is 2.26 bits per heavy atom. The Morgan fingerprint density at radius 1 is 1.37 bits per heavy atom. The second kappa shape index (κ2) is 5.18. The van der Waals surface area contributed by atoms with Gasteiger partial charge in [0.05, 0.1) is 6.33 Å². The van der Waals surface area contributed by atoms with E-state index in [-0.39, 0.29) is 5.69 Å². The fraction of sp³-hybridized carbons (Fsp3) is 0.0833. The zero-order valence-corrected chi connectivity index (χ0v) is 12.1. The molecule has 0 spiro atoms. The van der Waals surface area contributed by atoms with Gasteiger partial charge in [-0.3, -0.25) is 4.98 Å². The van der Waals surface area contributed by atoms with Crippen molar-refractivity contribution in [2.24, 2.45) is 0 Å². The molecule has 2 N–H and O–H groups in total. The lowest BCUT2D eigenvalue weighted by Gasteiger charge is -2.02. The van der Waals surface area contributed by atoms with Gasteiger partial charge in [0.1, 0.15) is 10.5 Å². The number of aromatic amines is 2. The van der Waals surface area contributed by atoms with E-state index in [9.17, 15) is 4.79 Å². The Balaban J connectivity index is 1.89. The van der Waals surface area contributed by atoms with Crippen molar-refractivity contribution < 1.29 is 0 Å². The van der Waals surface area contributed by atoms with Crippen LogP contribution in [-0.2, 0) is 5.75 Å². The van der Waals surface area contributed by atoms with Gasteiger partial charge >= 0.3 is 5.69 Å². The summed E-state index contributed by atoms with van der Waals surface area (Å²) in [5, 5.41) is 0.663. The lowest BCUT2D eigenvalue weighted by atomic mass is 10.2. The fourth-order valence-electron chi connectivity index (χ4n) is 1.71. The highest BCUT2D eigenvalue weighted by molar-refractivity contribution is 9.10. The number of thioether (sulfide) groups is 1. The molecule has 0 radical (unpaired) electrons. The lowest BCUT2D eigenvalue weighted by Crippen LogP contribution is -2.10. The summed E-state index contributed by atoms with van der Waals surface area (Å²) in [7, 11) is 0.